The van der Waals surface area contributed by atoms with Gasteiger partial charge in [-0.2, -0.15) is 5.26 Å². The fourth-order valence-corrected chi connectivity index (χ4v) is 4.78. The monoisotopic (exact) mass is 291 g/mol. The lowest BCUT2D eigenvalue weighted by Gasteiger charge is -2.51. The van der Waals surface area contributed by atoms with E-state index in [1.165, 1.54) is 6.42 Å². The maximum atomic E-state index is 11.4. The van der Waals surface area contributed by atoms with Crippen molar-refractivity contribution in [2.24, 2.45) is 29.1 Å². The van der Waals surface area contributed by atoms with Gasteiger partial charge in [0, 0.05) is 0 Å². The third-order valence-corrected chi connectivity index (χ3v) is 6.64. The van der Waals surface area contributed by atoms with Gasteiger partial charge in [-0.25, -0.2) is 0 Å². The Morgan fingerprint density at radius 2 is 1.52 bits per heavy atom. The summed E-state index contributed by atoms with van der Waals surface area (Å²) in [6, 6.07) is 2.60. The molecule has 2 nitrogen and oxygen atoms in total. The first-order valence-electron chi connectivity index (χ1n) is 8.97. The SMILES string of the molecule is CC(C)C1CCC(C#N)(C2(O)CCCC(C(C)C)C2)CC1. The van der Waals surface area contributed by atoms with Crippen molar-refractivity contribution in [1.82, 2.24) is 0 Å². The van der Waals surface area contributed by atoms with Crippen LogP contribution in [0.15, 0.2) is 0 Å². The Morgan fingerprint density at radius 3 is 2.00 bits per heavy atom. The molecule has 2 heteroatoms. The van der Waals surface area contributed by atoms with E-state index in [1.54, 1.807) is 0 Å². The number of hydrogen-bond acceptors (Lipinski definition) is 2. The van der Waals surface area contributed by atoms with Crippen molar-refractivity contribution in [2.45, 2.75) is 84.7 Å². The predicted octanol–water partition coefficient (Wildman–Crippen LogP) is 4.92. The summed E-state index contributed by atoms with van der Waals surface area (Å²) in [4.78, 5) is 0. The fourth-order valence-electron chi connectivity index (χ4n) is 4.78. The van der Waals surface area contributed by atoms with E-state index in [0.717, 1.165) is 50.9 Å². The zero-order chi connectivity index (χ0) is 15.7. The molecule has 2 rings (SSSR count). The molecule has 0 aliphatic heterocycles. The second-order valence-electron chi connectivity index (χ2n) is 8.41. The Morgan fingerprint density at radius 1 is 0.952 bits per heavy atom. The lowest BCUT2D eigenvalue weighted by Crippen LogP contribution is -2.52. The minimum Gasteiger partial charge on any atom is -0.388 e. The highest BCUT2D eigenvalue weighted by atomic mass is 16.3. The number of aliphatic hydroxyl groups is 1. The van der Waals surface area contributed by atoms with Crippen LogP contribution in [0.3, 0.4) is 0 Å². The number of rotatable bonds is 3. The van der Waals surface area contributed by atoms with Crippen LogP contribution in [0.5, 0.6) is 0 Å². The van der Waals surface area contributed by atoms with Crippen LogP contribution in [0.25, 0.3) is 0 Å². The first kappa shape index (κ1) is 16.8. The molecule has 2 unspecified atom stereocenters. The molecule has 2 atom stereocenters. The van der Waals surface area contributed by atoms with Crippen molar-refractivity contribution < 1.29 is 5.11 Å². The minimum absolute atomic E-state index is 0.480. The van der Waals surface area contributed by atoms with Crippen LogP contribution in [-0.4, -0.2) is 10.7 Å². The van der Waals surface area contributed by atoms with Crippen LogP contribution < -0.4 is 0 Å². The maximum Gasteiger partial charge on any atom is 0.0860 e. The quantitative estimate of drug-likeness (QED) is 0.802. The molecule has 2 saturated carbocycles. The van der Waals surface area contributed by atoms with Crippen LogP contribution in [0.2, 0.25) is 0 Å². The summed E-state index contributed by atoms with van der Waals surface area (Å²) in [6.45, 7) is 9.08. The van der Waals surface area contributed by atoms with Gasteiger partial charge in [-0.15, -0.1) is 0 Å². The molecule has 0 aromatic rings. The van der Waals surface area contributed by atoms with Gasteiger partial charge < -0.3 is 5.11 Å². The van der Waals surface area contributed by atoms with Crippen molar-refractivity contribution in [3.63, 3.8) is 0 Å². The van der Waals surface area contributed by atoms with E-state index in [0.29, 0.717) is 17.8 Å². The van der Waals surface area contributed by atoms with Crippen molar-refractivity contribution in [3.05, 3.63) is 0 Å². The first-order chi connectivity index (χ1) is 9.83. The van der Waals surface area contributed by atoms with Crippen molar-refractivity contribution in [2.75, 3.05) is 0 Å². The second-order valence-corrected chi connectivity index (χ2v) is 8.41. The van der Waals surface area contributed by atoms with E-state index < -0.39 is 11.0 Å². The Hall–Kier alpha value is -0.550. The molecule has 0 bridgehead atoms. The van der Waals surface area contributed by atoms with E-state index in [4.69, 9.17) is 0 Å². The normalized spacial score (nSPS) is 41.2. The van der Waals surface area contributed by atoms with Gasteiger partial charge in [0.25, 0.3) is 0 Å². The Kier molecular flexibility index (Phi) is 5.03. The third kappa shape index (κ3) is 3.14. The van der Waals surface area contributed by atoms with E-state index in [-0.39, 0.29) is 0 Å². The molecule has 0 spiro atoms. The van der Waals surface area contributed by atoms with Gasteiger partial charge in [-0.1, -0.05) is 34.1 Å². The van der Waals surface area contributed by atoms with Crippen LogP contribution in [0.1, 0.15) is 79.1 Å². The number of hydrogen-bond donors (Lipinski definition) is 1. The average Bonchev–Trinajstić information content (AvgIpc) is 2.47. The van der Waals surface area contributed by atoms with Crippen molar-refractivity contribution in [3.8, 4) is 6.07 Å². The average molecular weight is 291 g/mol. The number of nitriles is 1. The summed E-state index contributed by atoms with van der Waals surface area (Å²) in [5.74, 6) is 2.63. The highest BCUT2D eigenvalue weighted by Crippen LogP contribution is 2.54. The zero-order valence-electron chi connectivity index (χ0n) is 14.4. The minimum atomic E-state index is -0.739. The lowest BCUT2D eigenvalue weighted by atomic mass is 9.55. The summed E-state index contributed by atoms with van der Waals surface area (Å²) in [7, 11) is 0. The predicted molar refractivity (Wildman–Crippen MR) is 86.6 cm³/mol. The van der Waals surface area contributed by atoms with Gasteiger partial charge in [0.2, 0.25) is 0 Å². The summed E-state index contributed by atoms with van der Waals surface area (Å²) < 4.78 is 0. The molecule has 0 saturated heterocycles. The molecule has 0 heterocycles. The molecule has 2 aliphatic carbocycles. The highest BCUT2D eigenvalue weighted by molar-refractivity contribution is 5.14. The van der Waals surface area contributed by atoms with Gasteiger partial charge in [0.15, 0.2) is 0 Å². The zero-order valence-corrected chi connectivity index (χ0v) is 14.4. The largest absolute Gasteiger partial charge is 0.388 e. The van der Waals surface area contributed by atoms with Crippen LogP contribution >= 0.6 is 0 Å². The van der Waals surface area contributed by atoms with Gasteiger partial charge in [-0.05, 0) is 68.6 Å². The molecular formula is C19H33NO. The number of nitrogens with zero attached hydrogens (tertiary/aromatic N) is 1. The Balaban J connectivity index is 2.15. The van der Waals surface area contributed by atoms with Gasteiger partial charge in [0.05, 0.1) is 17.1 Å². The summed E-state index contributed by atoms with van der Waals surface area (Å²) in [5, 5.41) is 21.3. The van der Waals surface area contributed by atoms with E-state index in [2.05, 4.69) is 33.8 Å². The van der Waals surface area contributed by atoms with E-state index in [9.17, 15) is 10.4 Å². The van der Waals surface area contributed by atoms with Crippen LogP contribution in [0.4, 0.5) is 0 Å². The summed E-state index contributed by atoms with van der Waals surface area (Å²) >= 11 is 0. The van der Waals surface area contributed by atoms with Gasteiger partial charge in [0.1, 0.15) is 0 Å². The standard InChI is InChI=1S/C19H33NO/c1-14(2)16-7-10-18(13-20,11-8-16)19(21)9-5-6-17(12-19)15(3)4/h14-17,21H,5-12H2,1-4H3. The van der Waals surface area contributed by atoms with E-state index in [1.807, 2.05) is 0 Å². The molecule has 0 amide bonds. The molecule has 2 aliphatic rings. The lowest BCUT2D eigenvalue weighted by molar-refractivity contribution is -0.120. The smallest absolute Gasteiger partial charge is 0.0860 e. The molecule has 2 fully saturated rings. The Bertz CT molecular complexity index is 387. The third-order valence-electron chi connectivity index (χ3n) is 6.64. The second kappa shape index (κ2) is 6.29. The van der Waals surface area contributed by atoms with Crippen LogP contribution in [0, 0.1) is 40.4 Å². The maximum absolute atomic E-state index is 11.4. The molecule has 120 valence electrons. The molecule has 1 N–H and O–H groups in total. The Labute approximate surface area is 130 Å². The molecule has 0 aromatic heterocycles. The fraction of sp³-hybridized carbons (Fsp3) is 0.947. The van der Waals surface area contributed by atoms with Gasteiger partial charge >= 0.3 is 0 Å². The van der Waals surface area contributed by atoms with Crippen molar-refractivity contribution in [1.29, 1.82) is 5.26 Å². The molecule has 21 heavy (non-hydrogen) atoms. The van der Waals surface area contributed by atoms with Crippen LogP contribution in [-0.2, 0) is 0 Å². The first-order valence-corrected chi connectivity index (χ1v) is 8.97. The summed E-state index contributed by atoms with van der Waals surface area (Å²) in [5.41, 5.74) is -1.22. The molecular weight excluding hydrogens is 258 g/mol. The summed E-state index contributed by atoms with van der Waals surface area (Å²) in [6.07, 6.45) is 7.98. The highest BCUT2D eigenvalue weighted by Gasteiger charge is 2.54. The topological polar surface area (TPSA) is 44.0 Å². The molecule has 0 aromatic carbocycles. The van der Waals surface area contributed by atoms with Crippen molar-refractivity contribution >= 4 is 0 Å². The molecule has 0 radical (unpaired) electrons. The van der Waals surface area contributed by atoms with Gasteiger partial charge in [-0.3, -0.25) is 0 Å². The van der Waals surface area contributed by atoms with E-state index >= 15 is 0 Å².